The minimum atomic E-state index is 0.0448. The molecule has 1 rings (SSSR count). The Morgan fingerprint density at radius 3 is 2.93 bits per heavy atom. The van der Waals surface area contributed by atoms with Crippen LogP contribution in [0.4, 0.5) is 0 Å². The smallest absolute Gasteiger partial charge is 0.212 e. The van der Waals surface area contributed by atoms with Gasteiger partial charge >= 0.3 is 0 Å². The highest BCUT2D eigenvalue weighted by atomic mass is 16.5. The number of nitrogens with one attached hydrogen (secondary N) is 1. The van der Waals surface area contributed by atoms with Crippen molar-refractivity contribution < 1.29 is 5.21 Å². The summed E-state index contributed by atoms with van der Waals surface area (Å²) in [5.41, 5.74) is 9.20. The Bertz CT molecular complexity index is 344. The van der Waals surface area contributed by atoms with E-state index in [2.05, 4.69) is 10.1 Å². The maximum atomic E-state index is 8.38. The number of aryl methyl sites for hydroxylation is 3. The Labute approximate surface area is 88.8 Å². The van der Waals surface area contributed by atoms with E-state index in [9.17, 15) is 0 Å². The van der Waals surface area contributed by atoms with Gasteiger partial charge in [0.2, 0.25) is 5.96 Å². The van der Waals surface area contributed by atoms with Crippen LogP contribution in [0.15, 0.2) is 11.1 Å². The van der Waals surface area contributed by atoms with Crippen LogP contribution >= 0.6 is 0 Å². The van der Waals surface area contributed by atoms with Gasteiger partial charge in [-0.3, -0.25) is 14.9 Å². The SMILES string of the molecule is Cc1cc(C)n(CCCN=C(N)NO)n1. The molecule has 0 bridgehead atoms. The number of aromatic nitrogens is 2. The molecular weight excluding hydrogens is 194 g/mol. The second-order valence-electron chi connectivity index (χ2n) is 3.38. The highest BCUT2D eigenvalue weighted by Crippen LogP contribution is 2.02. The monoisotopic (exact) mass is 211 g/mol. The Kier molecular flexibility index (Phi) is 4.11. The predicted molar refractivity (Wildman–Crippen MR) is 57.7 cm³/mol. The predicted octanol–water partition coefficient (Wildman–Crippen LogP) is 0.184. The molecule has 84 valence electrons. The van der Waals surface area contributed by atoms with Crippen LogP contribution in [-0.4, -0.2) is 27.5 Å². The normalized spacial score (nSPS) is 11.8. The van der Waals surface area contributed by atoms with Crippen LogP contribution in [0, 0.1) is 13.8 Å². The molecule has 0 atom stereocenters. The largest absolute Gasteiger partial charge is 0.368 e. The van der Waals surface area contributed by atoms with E-state index in [1.165, 1.54) is 0 Å². The summed E-state index contributed by atoms with van der Waals surface area (Å²) in [6.07, 6.45) is 0.838. The fourth-order valence-electron chi connectivity index (χ4n) is 1.36. The molecule has 15 heavy (non-hydrogen) atoms. The second kappa shape index (κ2) is 5.35. The van der Waals surface area contributed by atoms with Gasteiger partial charge in [0.25, 0.3) is 0 Å². The van der Waals surface area contributed by atoms with Crippen LogP contribution in [0.5, 0.6) is 0 Å². The lowest BCUT2D eigenvalue weighted by Gasteiger charge is -2.02. The second-order valence-corrected chi connectivity index (χ2v) is 3.38. The molecule has 6 nitrogen and oxygen atoms in total. The molecule has 0 aliphatic carbocycles. The molecule has 0 fully saturated rings. The Morgan fingerprint density at radius 1 is 1.67 bits per heavy atom. The van der Waals surface area contributed by atoms with Crippen LogP contribution in [0.3, 0.4) is 0 Å². The number of guanidine groups is 1. The lowest BCUT2D eigenvalue weighted by molar-refractivity contribution is 0.232. The van der Waals surface area contributed by atoms with Crippen molar-refractivity contribution in [2.24, 2.45) is 10.7 Å². The summed E-state index contributed by atoms with van der Waals surface area (Å²) in [6.45, 7) is 5.36. The van der Waals surface area contributed by atoms with Gasteiger partial charge in [0.15, 0.2) is 0 Å². The van der Waals surface area contributed by atoms with Crippen molar-refractivity contribution in [2.75, 3.05) is 6.54 Å². The van der Waals surface area contributed by atoms with Crippen molar-refractivity contribution in [1.82, 2.24) is 15.3 Å². The van der Waals surface area contributed by atoms with Crippen molar-refractivity contribution in [3.05, 3.63) is 17.5 Å². The first kappa shape index (κ1) is 11.5. The summed E-state index contributed by atoms with van der Waals surface area (Å²) in [4.78, 5) is 3.89. The zero-order valence-corrected chi connectivity index (χ0v) is 9.06. The Hall–Kier alpha value is -1.56. The van der Waals surface area contributed by atoms with Crippen LogP contribution in [0.1, 0.15) is 17.8 Å². The van der Waals surface area contributed by atoms with E-state index in [4.69, 9.17) is 10.9 Å². The van der Waals surface area contributed by atoms with E-state index in [1.807, 2.05) is 24.6 Å². The summed E-state index contributed by atoms with van der Waals surface area (Å²) in [5, 5.41) is 12.7. The quantitative estimate of drug-likeness (QED) is 0.287. The number of nitrogens with two attached hydrogens (primary N) is 1. The van der Waals surface area contributed by atoms with Gasteiger partial charge in [-0.25, -0.2) is 5.48 Å². The molecule has 0 amide bonds. The van der Waals surface area contributed by atoms with Crippen molar-refractivity contribution in [3.63, 3.8) is 0 Å². The lowest BCUT2D eigenvalue weighted by atomic mass is 10.4. The maximum Gasteiger partial charge on any atom is 0.212 e. The van der Waals surface area contributed by atoms with Crippen LogP contribution in [0.25, 0.3) is 0 Å². The molecule has 0 spiro atoms. The van der Waals surface area contributed by atoms with Gasteiger partial charge in [-0.2, -0.15) is 5.10 Å². The van der Waals surface area contributed by atoms with Gasteiger partial charge in [-0.05, 0) is 26.3 Å². The van der Waals surface area contributed by atoms with Crippen molar-refractivity contribution >= 4 is 5.96 Å². The molecule has 0 aromatic carbocycles. The van der Waals surface area contributed by atoms with E-state index in [0.717, 1.165) is 24.4 Å². The first-order valence-electron chi connectivity index (χ1n) is 4.84. The molecule has 0 aliphatic heterocycles. The summed E-state index contributed by atoms with van der Waals surface area (Å²) in [5.74, 6) is 0.0448. The molecule has 1 heterocycles. The maximum absolute atomic E-state index is 8.38. The fourth-order valence-corrected chi connectivity index (χ4v) is 1.36. The van der Waals surface area contributed by atoms with Gasteiger partial charge in [-0.15, -0.1) is 0 Å². The van der Waals surface area contributed by atoms with E-state index < -0.39 is 0 Å². The number of hydroxylamine groups is 1. The van der Waals surface area contributed by atoms with Crippen LogP contribution < -0.4 is 11.2 Å². The summed E-state index contributed by atoms with van der Waals surface area (Å²) >= 11 is 0. The number of hydrogen-bond donors (Lipinski definition) is 3. The molecule has 1 aromatic heterocycles. The molecule has 0 saturated carbocycles. The Morgan fingerprint density at radius 2 is 2.40 bits per heavy atom. The number of hydrogen-bond acceptors (Lipinski definition) is 3. The molecule has 1 aromatic rings. The molecule has 6 heteroatoms. The summed E-state index contributed by atoms with van der Waals surface area (Å²) < 4.78 is 1.94. The van der Waals surface area contributed by atoms with Gasteiger partial charge in [0.1, 0.15) is 0 Å². The standard InChI is InChI=1S/C9H17N5O/c1-7-6-8(2)14(12-7)5-3-4-11-9(10)13-15/h6,15H,3-5H2,1-2H3,(H3,10,11,13). The lowest BCUT2D eigenvalue weighted by Crippen LogP contribution is -2.28. The van der Waals surface area contributed by atoms with Crippen LogP contribution in [-0.2, 0) is 6.54 Å². The molecule has 0 saturated heterocycles. The molecule has 0 unspecified atom stereocenters. The average Bonchev–Trinajstić information content (AvgIpc) is 2.52. The van der Waals surface area contributed by atoms with Gasteiger partial charge in [0.05, 0.1) is 5.69 Å². The third-order valence-electron chi connectivity index (χ3n) is 2.03. The fraction of sp³-hybridized carbons (Fsp3) is 0.556. The summed E-state index contributed by atoms with van der Waals surface area (Å²) in [6, 6.07) is 2.03. The van der Waals surface area contributed by atoms with E-state index in [-0.39, 0.29) is 5.96 Å². The van der Waals surface area contributed by atoms with Gasteiger partial charge in [-0.1, -0.05) is 0 Å². The van der Waals surface area contributed by atoms with Crippen molar-refractivity contribution in [2.45, 2.75) is 26.8 Å². The highest BCUT2D eigenvalue weighted by molar-refractivity contribution is 5.76. The first-order chi connectivity index (χ1) is 7.13. The topological polar surface area (TPSA) is 88.5 Å². The zero-order valence-electron chi connectivity index (χ0n) is 9.06. The van der Waals surface area contributed by atoms with E-state index in [0.29, 0.717) is 6.54 Å². The number of nitrogens with zero attached hydrogens (tertiary/aromatic N) is 3. The highest BCUT2D eigenvalue weighted by Gasteiger charge is 1.99. The third kappa shape index (κ3) is 3.59. The molecule has 4 N–H and O–H groups in total. The van der Waals surface area contributed by atoms with E-state index >= 15 is 0 Å². The zero-order chi connectivity index (χ0) is 11.3. The van der Waals surface area contributed by atoms with Gasteiger partial charge < -0.3 is 5.73 Å². The minimum absolute atomic E-state index is 0.0448. The third-order valence-corrected chi connectivity index (χ3v) is 2.03. The molecular formula is C9H17N5O. The first-order valence-corrected chi connectivity index (χ1v) is 4.84. The molecule has 0 radical (unpaired) electrons. The average molecular weight is 211 g/mol. The number of rotatable bonds is 4. The van der Waals surface area contributed by atoms with Crippen molar-refractivity contribution in [1.29, 1.82) is 0 Å². The van der Waals surface area contributed by atoms with Crippen molar-refractivity contribution in [3.8, 4) is 0 Å². The minimum Gasteiger partial charge on any atom is -0.368 e. The Balaban J connectivity index is 2.35. The summed E-state index contributed by atoms with van der Waals surface area (Å²) in [7, 11) is 0. The number of aliphatic imine (C=N–C) groups is 1. The van der Waals surface area contributed by atoms with Crippen LogP contribution in [0.2, 0.25) is 0 Å². The van der Waals surface area contributed by atoms with Gasteiger partial charge in [0, 0.05) is 18.8 Å². The molecule has 0 aliphatic rings. The van der Waals surface area contributed by atoms with E-state index in [1.54, 1.807) is 5.48 Å².